The summed E-state index contributed by atoms with van der Waals surface area (Å²) in [4.78, 5) is 5.88. The monoisotopic (exact) mass is 445 g/mol. The van der Waals surface area contributed by atoms with Gasteiger partial charge in [0.1, 0.15) is 0 Å². The van der Waals surface area contributed by atoms with E-state index in [4.69, 9.17) is 5.73 Å². The highest BCUT2D eigenvalue weighted by Gasteiger charge is 2.23. The lowest BCUT2D eigenvalue weighted by Gasteiger charge is -2.07. The Morgan fingerprint density at radius 1 is 0.935 bits per heavy atom. The molecule has 0 atom stereocenters. The predicted octanol–water partition coefficient (Wildman–Crippen LogP) is 5.13. The van der Waals surface area contributed by atoms with E-state index >= 15 is 0 Å². The fraction of sp³-hybridized carbons (Fsp3) is 0.0417. The first kappa shape index (κ1) is 19.7. The number of aromatic nitrogens is 2. The highest BCUT2D eigenvalue weighted by Crippen LogP contribution is 2.35. The Hall–Kier alpha value is -3.26. The van der Waals surface area contributed by atoms with Crippen LogP contribution in [0.2, 0.25) is 0 Å². The Balaban J connectivity index is 1.79. The second kappa shape index (κ2) is 7.77. The zero-order chi connectivity index (χ0) is 21.4. The predicted molar refractivity (Wildman–Crippen MR) is 125 cm³/mol. The van der Waals surface area contributed by atoms with Gasteiger partial charge in [0.25, 0.3) is 10.0 Å². The zero-order valence-corrected chi connectivity index (χ0v) is 18.1. The molecule has 0 saturated carbocycles. The molecule has 3 heterocycles. The maximum atomic E-state index is 13.4. The molecule has 5 rings (SSSR count). The van der Waals surface area contributed by atoms with Crippen molar-refractivity contribution in [2.75, 3.05) is 0 Å². The Labute approximate surface area is 184 Å². The lowest BCUT2D eigenvalue weighted by atomic mass is 10.0. The second-order valence-corrected chi connectivity index (χ2v) is 9.90. The van der Waals surface area contributed by atoms with Gasteiger partial charge in [-0.2, -0.15) is 0 Å². The normalized spacial score (nSPS) is 11.8. The van der Waals surface area contributed by atoms with E-state index in [0.717, 1.165) is 32.5 Å². The minimum Gasteiger partial charge on any atom is -0.326 e. The Bertz CT molecular complexity index is 1470. The maximum Gasteiger partial charge on any atom is 0.269 e. The summed E-state index contributed by atoms with van der Waals surface area (Å²) in [7, 11) is -3.80. The molecule has 2 N–H and O–H groups in total. The van der Waals surface area contributed by atoms with Crippen LogP contribution in [0.15, 0.2) is 95.5 Å². The van der Waals surface area contributed by atoms with Gasteiger partial charge in [-0.25, -0.2) is 17.4 Å². The van der Waals surface area contributed by atoms with Crippen molar-refractivity contribution < 1.29 is 8.42 Å². The summed E-state index contributed by atoms with van der Waals surface area (Å²) in [5.74, 6) is 0. The smallest absolute Gasteiger partial charge is 0.269 e. The third-order valence-corrected chi connectivity index (χ3v) is 7.77. The second-order valence-electron chi connectivity index (χ2n) is 7.13. The van der Waals surface area contributed by atoms with Crippen molar-refractivity contribution in [2.45, 2.75) is 11.4 Å². The molecule has 0 unspecified atom stereocenters. The van der Waals surface area contributed by atoms with E-state index in [1.807, 2.05) is 47.8 Å². The van der Waals surface area contributed by atoms with Crippen molar-refractivity contribution in [2.24, 2.45) is 5.73 Å². The number of hydrogen-bond donors (Lipinski definition) is 1. The maximum absolute atomic E-state index is 13.4. The van der Waals surface area contributed by atoms with Crippen molar-refractivity contribution in [3.8, 4) is 21.6 Å². The number of nitrogens with two attached hydrogens (primary N) is 1. The fourth-order valence-corrected chi connectivity index (χ4v) is 5.70. The van der Waals surface area contributed by atoms with Crippen molar-refractivity contribution >= 4 is 32.4 Å². The van der Waals surface area contributed by atoms with Crippen molar-refractivity contribution in [3.05, 3.63) is 96.1 Å². The van der Waals surface area contributed by atoms with E-state index in [9.17, 15) is 8.42 Å². The van der Waals surface area contributed by atoms with E-state index in [0.29, 0.717) is 12.2 Å². The van der Waals surface area contributed by atoms with Crippen LogP contribution in [0.4, 0.5) is 0 Å². The molecule has 0 aliphatic rings. The molecular formula is C24H19N3O2S2. The molecule has 3 aromatic heterocycles. The summed E-state index contributed by atoms with van der Waals surface area (Å²) in [6.07, 6.45) is 3.39. The molecule has 2 aromatic carbocycles. The topological polar surface area (TPSA) is 78.0 Å². The molecule has 7 heteroatoms. The molecule has 0 fully saturated rings. The molecule has 0 amide bonds. The fourth-order valence-electron chi connectivity index (χ4n) is 3.64. The molecule has 0 radical (unpaired) electrons. The minimum absolute atomic E-state index is 0.221. The Kier molecular flexibility index (Phi) is 4.94. The van der Waals surface area contributed by atoms with Gasteiger partial charge in [-0.1, -0.05) is 42.5 Å². The van der Waals surface area contributed by atoms with Crippen LogP contribution in [0.1, 0.15) is 5.56 Å². The number of nitrogens with zero attached hydrogens (tertiary/aromatic N) is 2. The van der Waals surface area contributed by atoms with Crippen molar-refractivity contribution in [1.82, 2.24) is 8.96 Å². The SMILES string of the molecule is NCc1cccc(-c2cn(S(=O)(=O)c3ccccc3)c3ncc(-c4cccs4)cc23)c1. The molecular weight excluding hydrogens is 426 g/mol. The highest BCUT2D eigenvalue weighted by molar-refractivity contribution is 7.90. The van der Waals surface area contributed by atoms with Crippen LogP contribution in [-0.2, 0) is 16.6 Å². The van der Waals surface area contributed by atoms with Gasteiger partial charge in [0, 0.05) is 40.3 Å². The summed E-state index contributed by atoms with van der Waals surface area (Å²) in [6, 6.07) is 22.3. The van der Waals surface area contributed by atoms with Crippen molar-refractivity contribution in [1.29, 1.82) is 0 Å². The van der Waals surface area contributed by atoms with Gasteiger partial charge in [0.05, 0.1) is 4.90 Å². The van der Waals surface area contributed by atoms with Crippen LogP contribution in [0, 0.1) is 0 Å². The number of pyridine rings is 1. The summed E-state index contributed by atoms with van der Waals surface area (Å²) < 4.78 is 28.1. The Morgan fingerprint density at radius 2 is 1.77 bits per heavy atom. The molecule has 0 bridgehead atoms. The van der Waals surface area contributed by atoms with Crippen LogP contribution in [0.3, 0.4) is 0 Å². The first-order valence-corrected chi connectivity index (χ1v) is 12.0. The van der Waals surface area contributed by atoms with E-state index in [2.05, 4.69) is 4.98 Å². The third-order valence-electron chi connectivity index (χ3n) is 5.19. The molecule has 5 aromatic rings. The molecule has 0 aliphatic carbocycles. The highest BCUT2D eigenvalue weighted by atomic mass is 32.2. The van der Waals surface area contributed by atoms with Crippen LogP contribution in [-0.4, -0.2) is 17.4 Å². The number of thiophene rings is 1. The van der Waals surface area contributed by atoms with Gasteiger partial charge in [0.15, 0.2) is 5.65 Å². The first-order valence-electron chi connectivity index (χ1n) is 9.73. The third kappa shape index (κ3) is 3.46. The van der Waals surface area contributed by atoms with Crippen LogP contribution >= 0.6 is 11.3 Å². The zero-order valence-electron chi connectivity index (χ0n) is 16.5. The van der Waals surface area contributed by atoms with E-state index in [1.165, 1.54) is 3.97 Å². The largest absolute Gasteiger partial charge is 0.326 e. The summed E-state index contributed by atoms with van der Waals surface area (Å²) in [5, 5.41) is 2.79. The number of rotatable bonds is 5. The summed E-state index contributed by atoms with van der Waals surface area (Å²) in [5.41, 5.74) is 9.87. The first-order chi connectivity index (χ1) is 15.1. The summed E-state index contributed by atoms with van der Waals surface area (Å²) >= 11 is 1.62. The quantitative estimate of drug-likeness (QED) is 0.407. The lowest BCUT2D eigenvalue weighted by molar-refractivity contribution is 0.589. The minimum atomic E-state index is -3.80. The van der Waals surface area contributed by atoms with Gasteiger partial charge in [-0.15, -0.1) is 11.3 Å². The van der Waals surface area contributed by atoms with Gasteiger partial charge in [-0.05, 0) is 46.8 Å². The molecule has 0 saturated heterocycles. The van der Waals surface area contributed by atoms with Crippen LogP contribution in [0.25, 0.3) is 32.6 Å². The molecule has 154 valence electrons. The van der Waals surface area contributed by atoms with Gasteiger partial charge >= 0.3 is 0 Å². The number of benzene rings is 2. The summed E-state index contributed by atoms with van der Waals surface area (Å²) in [6.45, 7) is 0.410. The number of hydrogen-bond acceptors (Lipinski definition) is 5. The molecule has 31 heavy (non-hydrogen) atoms. The van der Waals surface area contributed by atoms with Crippen LogP contribution in [0.5, 0.6) is 0 Å². The standard InChI is InChI=1S/C24H19N3O2S2/c25-14-17-6-4-7-18(12-17)22-16-27(31(28,29)20-8-2-1-3-9-20)24-21(22)13-19(15-26-24)23-10-5-11-30-23/h1-13,15-16H,14,25H2. The molecule has 5 nitrogen and oxygen atoms in total. The number of fused-ring (bicyclic) bond motifs is 1. The Morgan fingerprint density at radius 3 is 2.52 bits per heavy atom. The van der Waals surface area contributed by atoms with Gasteiger partial charge in [-0.3, -0.25) is 0 Å². The van der Waals surface area contributed by atoms with E-state index < -0.39 is 10.0 Å². The van der Waals surface area contributed by atoms with Crippen LogP contribution < -0.4 is 5.73 Å². The molecule has 0 aliphatic heterocycles. The van der Waals surface area contributed by atoms with Crippen molar-refractivity contribution in [3.63, 3.8) is 0 Å². The van der Waals surface area contributed by atoms with Gasteiger partial charge in [0.2, 0.25) is 0 Å². The molecule has 0 spiro atoms. The van der Waals surface area contributed by atoms with E-state index in [1.54, 1.807) is 54.1 Å². The average Bonchev–Trinajstić information content (AvgIpc) is 3.48. The van der Waals surface area contributed by atoms with E-state index in [-0.39, 0.29) is 4.90 Å². The average molecular weight is 446 g/mol. The lowest BCUT2D eigenvalue weighted by Crippen LogP contribution is -2.12. The van der Waals surface area contributed by atoms with Gasteiger partial charge < -0.3 is 5.73 Å².